The van der Waals surface area contributed by atoms with Crippen molar-refractivity contribution in [3.05, 3.63) is 0 Å². The van der Waals surface area contributed by atoms with Gasteiger partial charge in [0, 0.05) is 11.3 Å². The standard InChI is InChI=1S/C17H30N2S/c1-13-7-6-10-17(11-13)12-20-16(19-17)18-14(2)15-8-4-3-5-9-15/h13-15H,3-12H2,1-2H3,(H,18,19). The van der Waals surface area contributed by atoms with Crippen molar-refractivity contribution in [2.75, 3.05) is 5.75 Å². The average Bonchev–Trinajstić information content (AvgIpc) is 2.82. The highest BCUT2D eigenvalue weighted by molar-refractivity contribution is 8.14. The minimum atomic E-state index is 0.382. The molecule has 114 valence electrons. The van der Waals surface area contributed by atoms with Crippen LogP contribution in [0.15, 0.2) is 4.99 Å². The summed E-state index contributed by atoms with van der Waals surface area (Å²) in [5.74, 6) is 2.96. The van der Waals surface area contributed by atoms with Crippen LogP contribution in [0.2, 0.25) is 0 Å². The fourth-order valence-electron chi connectivity index (χ4n) is 4.39. The molecule has 3 aliphatic rings. The normalized spacial score (nSPS) is 39.1. The Bertz CT molecular complexity index is 362. The van der Waals surface area contributed by atoms with Crippen molar-refractivity contribution in [1.29, 1.82) is 0 Å². The van der Waals surface area contributed by atoms with Gasteiger partial charge in [0.25, 0.3) is 0 Å². The van der Waals surface area contributed by atoms with Crippen molar-refractivity contribution in [3.8, 4) is 0 Å². The van der Waals surface area contributed by atoms with Crippen LogP contribution in [0.4, 0.5) is 0 Å². The Morgan fingerprint density at radius 2 is 2.00 bits per heavy atom. The van der Waals surface area contributed by atoms with Crippen molar-refractivity contribution < 1.29 is 0 Å². The summed E-state index contributed by atoms with van der Waals surface area (Å²) in [5, 5.41) is 5.07. The van der Waals surface area contributed by atoms with E-state index >= 15 is 0 Å². The fourth-order valence-corrected chi connectivity index (χ4v) is 5.66. The van der Waals surface area contributed by atoms with Crippen LogP contribution in [0.1, 0.15) is 71.6 Å². The smallest absolute Gasteiger partial charge is 0.157 e. The molecular weight excluding hydrogens is 264 g/mol. The molecule has 1 saturated heterocycles. The zero-order chi connectivity index (χ0) is 14.0. The van der Waals surface area contributed by atoms with Crippen molar-refractivity contribution in [1.82, 2.24) is 5.32 Å². The van der Waals surface area contributed by atoms with Gasteiger partial charge < -0.3 is 5.32 Å². The zero-order valence-corrected chi connectivity index (χ0v) is 14.0. The van der Waals surface area contributed by atoms with E-state index in [0.717, 1.165) is 11.8 Å². The number of amidine groups is 1. The first-order valence-corrected chi connectivity index (χ1v) is 9.64. The Labute approximate surface area is 128 Å². The number of nitrogens with zero attached hydrogens (tertiary/aromatic N) is 1. The molecule has 1 aliphatic heterocycles. The molecule has 1 heterocycles. The summed E-state index contributed by atoms with van der Waals surface area (Å²) >= 11 is 1.98. The molecule has 0 aromatic carbocycles. The summed E-state index contributed by atoms with van der Waals surface area (Å²) in [4.78, 5) is 5.04. The van der Waals surface area contributed by atoms with E-state index in [1.807, 2.05) is 11.8 Å². The maximum Gasteiger partial charge on any atom is 0.157 e. The highest BCUT2D eigenvalue weighted by atomic mass is 32.2. The Morgan fingerprint density at radius 1 is 1.20 bits per heavy atom. The Morgan fingerprint density at radius 3 is 2.75 bits per heavy atom. The maximum absolute atomic E-state index is 5.04. The first-order chi connectivity index (χ1) is 9.67. The lowest BCUT2D eigenvalue weighted by molar-refractivity contribution is 0.242. The van der Waals surface area contributed by atoms with Crippen LogP contribution in [-0.4, -0.2) is 22.5 Å². The number of rotatable bonds is 2. The second-order valence-corrected chi connectivity index (χ2v) is 8.43. The predicted molar refractivity (Wildman–Crippen MR) is 89.4 cm³/mol. The first-order valence-electron chi connectivity index (χ1n) is 8.66. The predicted octanol–water partition coefficient (Wildman–Crippen LogP) is 4.60. The van der Waals surface area contributed by atoms with Crippen LogP contribution in [0.5, 0.6) is 0 Å². The second kappa shape index (κ2) is 6.29. The second-order valence-electron chi connectivity index (χ2n) is 7.47. The fraction of sp³-hybridized carbons (Fsp3) is 0.941. The van der Waals surface area contributed by atoms with Crippen molar-refractivity contribution in [2.45, 2.75) is 83.2 Å². The lowest BCUT2D eigenvalue weighted by Crippen LogP contribution is -2.47. The van der Waals surface area contributed by atoms with E-state index in [1.165, 1.54) is 68.7 Å². The first kappa shape index (κ1) is 14.7. The van der Waals surface area contributed by atoms with Crippen LogP contribution in [-0.2, 0) is 0 Å². The summed E-state index contributed by atoms with van der Waals surface area (Å²) in [7, 11) is 0. The van der Waals surface area contributed by atoms with E-state index in [-0.39, 0.29) is 0 Å². The molecule has 3 heteroatoms. The summed E-state index contributed by atoms with van der Waals surface area (Å²) in [5.41, 5.74) is 0.382. The van der Waals surface area contributed by atoms with E-state index in [2.05, 4.69) is 19.2 Å². The molecule has 3 atom stereocenters. The highest BCUT2D eigenvalue weighted by Gasteiger charge is 2.40. The van der Waals surface area contributed by atoms with Gasteiger partial charge in [-0.1, -0.05) is 50.8 Å². The van der Waals surface area contributed by atoms with E-state index in [9.17, 15) is 0 Å². The molecule has 0 radical (unpaired) electrons. The Kier molecular flexibility index (Phi) is 4.64. The van der Waals surface area contributed by atoms with Crippen LogP contribution in [0.3, 0.4) is 0 Å². The van der Waals surface area contributed by atoms with Gasteiger partial charge in [-0.2, -0.15) is 0 Å². The van der Waals surface area contributed by atoms with E-state index < -0.39 is 0 Å². The molecular formula is C17H30N2S. The summed E-state index contributed by atoms with van der Waals surface area (Å²) < 4.78 is 0. The van der Waals surface area contributed by atoms with Gasteiger partial charge in [0.2, 0.25) is 0 Å². The number of nitrogens with one attached hydrogen (secondary N) is 1. The molecule has 2 saturated carbocycles. The number of thioether (sulfide) groups is 1. The van der Waals surface area contributed by atoms with Crippen molar-refractivity contribution >= 4 is 16.9 Å². The third-order valence-electron chi connectivity index (χ3n) is 5.60. The molecule has 3 rings (SSSR count). The van der Waals surface area contributed by atoms with Gasteiger partial charge in [0.05, 0.1) is 6.04 Å². The monoisotopic (exact) mass is 294 g/mol. The van der Waals surface area contributed by atoms with Gasteiger partial charge in [0.1, 0.15) is 0 Å². The lowest BCUT2D eigenvalue weighted by Gasteiger charge is -2.36. The maximum atomic E-state index is 5.04. The topological polar surface area (TPSA) is 24.4 Å². The molecule has 0 amide bonds. The van der Waals surface area contributed by atoms with Crippen molar-refractivity contribution in [2.24, 2.45) is 16.8 Å². The third-order valence-corrected chi connectivity index (χ3v) is 6.78. The zero-order valence-electron chi connectivity index (χ0n) is 13.2. The molecule has 20 heavy (non-hydrogen) atoms. The third kappa shape index (κ3) is 3.35. The van der Waals surface area contributed by atoms with Crippen LogP contribution in [0, 0.1) is 11.8 Å². The summed E-state index contributed by atoms with van der Waals surface area (Å²) in [6.45, 7) is 4.74. The van der Waals surface area contributed by atoms with Gasteiger partial charge in [-0.3, -0.25) is 4.99 Å². The molecule has 0 bridgehead atoms. The molecule has 3 unspecified atom stereocenters. The number of hydrogen-bond donors (Lipinski definition) is 1. The van der Waals surface area contributed by atoms with E-state index in [4.69, 9.17) is 4.99 Å². The van der Waals surface area contributed by atoms with Gasteiger partial charge in [-0.25, -0.2) is 0 Å². The summed E-state index contributed by atoms with van der Waals surface area (Å²) in [6, 6.07) is 0.515. The molecule has 1 spiro atoms. The van der Waals surface area contributed by atoms with Crippen LogP contribution >= 0.6 is 11.8 Å². The van der Waals surface area contributed by atoms with Gasteiger partial charge in [-0.05, 0) is 44.4 Å². The minimum Gasteiger partial charge on any atom is -0.359 e. The molecule has 0 aromatic rings. The van der Waals surface area contributed by atoms with Gasteiger partial charge in [-0.15, -0.1) is 0 Å². The van der Waals surface area contributed by atoms with Gasteiger partial charge in [0.15, 0.2) is 5.17 Å². The van der Waals surface area contributed by atoms with Crippen LogP contribution in [0.25, 0.3) is 0 Å². The van der Waals surface area contributed by atoms with E-state index in [0.29, 0.717) is 11.6 Å². The summed E-state index contributed by atoms with van der Waals surface area (Å²) in [6.07, 6.45) is 12.6. The quantitative estimate of drug-likeness (QED) is 0.805. The van der Waals surface area contributed by atoms with E-state index in [1.54, 1.807) is 0 Å². The SMILES string of the molecule is CC1CCCC2(CSC(=NC(C)C3CCCCC3)N2)C1. The molecule has 0 aromatic heterocycles. The number of hydrogen-bond acceptors (Lipinski definition) is 2. The largest absolute Gasteiger partial charge is 0.359 e. The molecule has 3 fully saturated rings. The average molecular weight is 295 g/mol. The Hall–Kier alpha value is -0.180. The van der Waals surface area contributed by atoms with Crippen LogP contribution < -0.4 is 5.32 Å². The minimum absolute atomic E-state index is 0.382. The molecule has 1 N–H and O–H groups in total. The Balaban J connectivity index is 1.59. The number of aliphatic imine (C=N–C) groups is 1. The molecule has 2 aliphatic carbocycles. The highest BCUT2D eigenvalue weighted by Crippen LogP contribution is 2.39. The van der Waals surface area contributed by atoms with Gasteiger partial charge >= 0.3 is 0 Å². The molecule has 2 nitrogen and oxygen atoms in total. The lowest BCUT2D eigenvalue weighted by atomic mass is 9.78. The van der Waals surface area contributed by atoms with Crippen molar-refractivity contribution in [3.63, 3.8) is 0 Å².